The van der Waals surface area contributed by atoms with E-state index in [4.69, 9.17) is 5.73 Å². The van der Waals surface area contributed by atoms with Gasteiger partial charge in [0.05, 0.1) is 12.1 Å². The smallest absolute Gasteiger partial charge is 0.172 e. The minimum absolute atomic E-state index is 0.331. The third-order valence-electron chi connectivity index (χ3n) is 4.53. The first kappa shape index (κ1) is 20.1. The van der Waals surface area contributed by atoms with Crippen LogP contribution in [0.1, 0.15) is 63.0 Å². The normalized spacial score (nSPS) is 14.2. The zero-order chi connectivity index (χ0) is 17.1. The number of nitrogens with two attached hydrogens (primary N) is 1. The number of rotatable bonds is 12. The molecular weight excluding hydrogens is 290 g/mol. The van der Waals surface area contributed by atoms with Gasteiger partial charge in [0.25, 0.3) is 0 Å². The molecule has 0 heterocycles. The molecule has 1 rings (SSSR count). The SMILES string of the molecule is CCCCCCCCc1ccc(CCC(N)(CO)C(O)O)cc1. The highest BCUT2D eigenvalue weighted by molar-refractivity contribution is 5.23. The Morgan fingerprint density at radius 3 is 1.96 bits per heavy atom. The van der Waals surface area contributed by atoms with E-state index in [1.54, 1.807) is 0 Å². The minimum Gasteiger partial charge on any atom is -0.394 e. The molecule has 4 nitrogen and oxygen atoms in total. The van der Waals surface area contributed by atoms with Gasteiger partial charge in [0, 0.05) is 0 Å². The van der Waals surface area contributed by atoms with Gasteiger partial charge < -0.3 is 21.1 Å². The Hall–Kier alpha value is -0.940. The second kappa shape index (κ2) is 10.8. The first-order chi connectivity index (χ1) is 11.0. The van der Waals surface area contributed by atoms with Crippen LogP contribution in [-0.4, -0.2) is 33.8 Å². The number of aryl methyl sites for hydroxylation is 2. The van der Waals surface area contributed by atoms with Crippen LogP contribution in [0.15, 0.2) is 24.3 Å². The number of hydrogen-bond donors (Lipinski definition) is 4. The van der Waals surface area contributed by atoms with Gasteiger partial charge in [-0.2, -0.15) is 0 Å². The number of aliphatic hydroxyl groups excluding tert-OH is 2. The number of hydrogen-bond acceptors (Lipinski definition) is 4. The molecule has 5 N–H and O–H groups in total. The molecule has 1 aromatic rings. The van der Waals surface area contributed by atoms with Crippen molar-refractivity contribution in [2.24, 2.45) is 5.73 Å². The van der Waals surface area contributed by atoms with Crippen LogP contribution in [0.5, 0.6) is 0 Å². The first-order valence-corrected chi connectivity index (χ1v) is 8.85. The van der Waals surface area contributed by atoms with Crippen LogP contribution in [0, 0.1) is 0 Å². The Morgan fingerprint density at radius 1 is 0.913 bits per heavy atom. The summed E-state index contributed by atoms with van der Waals surface area (Å²) in [7, 11) is 0. The molecule has 1 aromatic carbocycles. The number of benzene rings is 1. The molecule has 0 bridgehead atoms. The van der Waals surface area contributed by atoms with Gasteiger partial charge >= 0.3 is 0 Å². The summed E-state index contributed by atoms with van der Waals surface area (Å²) in [5.74, 6) is 0. The third kappa shape index (κ3) is 7.44. The maximum atomic E-state index is 9.24. The largest absolute Gasteiger partial charge is 0.394 e. The first-order valence-electron chi connectivity index (χ1n) is 8.85. The summed E-state index contributed by atoms with van der Waals surface area (Å²) in [6, 6.07) is 8.39. The van der Waals surface area contributed by atoms with Crippen LogP contribution in [0.3, 0.4) is 0 Å². The predicted molar refractivity (Wildman–Crippen MR) is 94.1 cm³/mol. The van der Waals surface area contributed by atoms with Crippen molar-refractivity contribution in [1.29, 1.82) is 0 Å². The Bertz CT molecular complexity index is 419. The lowest BCUT2D eigenvalue weighted by atomic mass is 9.92. The maximum absolute atomic E-state index is 9.24. The molecule has 23 heavy (non-hydrogen) atoms. The fourth-order valence-electron chi connectivity index (χ4n) is 2.65. The summed E-state index contributed by atoms with van der Waals surface area (Å²) in [5.41, 5.74) is 6.87. The standard InChI is InChI=1S/C19H33NO3/c1-2-3-4-5-6-7-8-16-9-11-17(12-10-16)13-14-19(20,15-21)18(22)23/h9-12,18,21-23H,2-8,13-15,20H2,1H3. The minimum atomic E-state index is -1.71. The van der Waals surface area contributed by atoms with E-state index in [2.05, 4.69) is 31.2 Å². The third-order valence-corrected chi connectivity index (χ3v) is 4.53. The molecule has 0 saturated carbocycles. The molecular formula is C19H33NO3. The summed E-state index contributed by atoms with van der Waals surface area (Å²) in [5, 5.41) is 27.7. The van der Waals surface area contributed by atoms with Crippen molar-refractivity contribution < 1.29 is 15.3 Å². The summed E-state index contributed by atoms with van der Waals surface area (Å²) in [6.07, 6.45) is 8.18. The summed E-state index contributed by atoms with van der Waals surface area (Å²) in [4.78, 5) is 0. The Morgan fingerprint density at radius 2 is 1.43 bits per heavy atom. The van der Waals surface area contributed by atoms with Crippen molar-refractivity contribution in [3.05, 3.63) is 35.4 Å². The Balaban J connectivity index is 2.33. The second-order valence-electron chi connectivity index (χ2n) is 6.60. The lowest BCUT2D eigenvalue weighted by molar-refractivity contribution is -0.112. The Labute approximate surface area is 140 Å². The average Bonchev–Trinajstić information content (AvgIpc) is 2.56. The highest BCUT2D eigenvalue weighted by Crippen LogP contribution is 2.16. The van der Waals surface area contributed by atoms with Crippen molar-refractivity contribution in [1.82, 2.24) is 0 Å². The lowest BCUT2D eigenvalue weighted by Crippen LogP contribution is -2.54. The van der Waals surface area contributed by atoms with Gasteiger partial charge in [-0.05, 0) is 36.8 Å². The molecule has 1 atom stereocenters. The van der Waals surface area contributed by atoms with Crippen molar-refractivity contribution >= 4 is 0 Å². The molecule has 0 aromatic heterocycles. The fraction of sp³-hybridized carbons (Fsp3) is 0.684. The van der Waals surface area contributed by atoms with Crippen molar-refractivity contribution in [2.75, 3.05) is 6.61 Å². The van der Waals surface area contributed by atoms with E-state index in [-0.39, 0.29) is 0 Å². The van der Waals surface area contributed by atoms with Gasteiger partial charge in [-0.3, -0.25) is 0 Å². The molecule has 0 aliphatic heterocycles. The van der Waals surface area contributed by atoms with E-state index >= 15 is 0 Å². The van der Waals surface area contributed by atoms with Crippen LogP contribution in [-0.2, 0) is 12.8 Å². The summed E-state index contributed by atoms with van der Waals surface area (Å²) >= 11 is 0. The van der Waals surface area contributed by atoms with Crippen molar-refractivity contribution in [2.45, 2.75) is 76.5 Å². The van der Waals surface area contributed by atoms with E-state index < -0.39 is 18.4 Å². The second-order valence-corrected chi connectivity index (χ2v) is 6.60. The summed E-state index contributed by atoms with van der Waals surface area (Å²) in [6.45, 7) is 1.79. The van der Waals surface area contributed by atoms with E-state index in [0.29, 0.717) is 12.8 Å². The maximum Gasteiger partial charge on any atom is 0.172 e. The quantitative estimate of drug-likeness (QED) is 0.352. The average molecular weight is 323 g/mol. The summed E-state index contributed by atoms with van der Waals surface area (Å²) < 4.78 is 0. The number of unbranched alkanes of at least 4 members (excludes halogenated alkanes) is 5. The van der Waals surface area contributed by atoms with Gasteiger partial charge in [-0.1, -0.05) is 63.3 Å². The van der Waals surface area contributed by atoms with Gasteiger partial charge in [-0.25, -0.2) is 0 Å². The van der Waals surface area contributed by atoms with Gasteiger partial charge in [0.15, 0.2) is 6.29 Å². The zero-order valence-electron chi connectivity index (χ0n) is 14.4. The molecule has 0 amide bonds. The van der Waals surface area contributed by atoms with Crippen LogP contribution in [0.25, 0.3) is 0 Å². The van der Waals surface area contributed by atoms with Crippen LogP contribution in [0.2, 0.25) is 0 Å². The van der Waals surface area contributed by atoms with Gasteiger partial charge in [0.2, 0.25) is 0 Å². The zero-order valence-corrected chi connectivity index (χ0v) is 14.4. The highest BCUT2D eigenvalue weighted by Gasteiger charge is 2.31. The molecule has 0 saturated heterocycles. The van der Waals surface area contributed by atoms with Crippen molar-refractivity contribution in [3.8, 4) is 0 Å². The fourth-order valence-corrected chi connectivity index (χ4v) is 2.65. The number of aliphatic hydroxyl groups is 3. The van der Waals surface area contributed by atoms with Crippen LogP contribution >= 0.6 is 0 Å². The van der Waals surface area contributed by atoms with Gasteiger partial charge in [-0.15, -0.1) is 0 Å². The topological polar surface area (TPSA) is 86.7 Å². The van der Waals surface area contributed by atoms with E-state index in [9.17, 15) is 15.3 Å². The van der Waals surface area contributed by atoms with E-state index in [1.165, 1.54) is 44.1 Å². The molecule has 0 aliphatic rings. The van der Waals surface area contributed by atoms with E-state index in [0.717, 1.165) is 12.0 Å². The highest BCUT2D eigenvalue weighted by atomic mass is 16.5. The Kier molecular flexibility index (Phi) is 9.41. The van der Waals surface area contributed by atoms with E-state index in [1.807, 2.05) is 0 Å². The monoisotopic (exact) mass is 323 g/mol. The van der Waals surface area contributed by atoms with Crippen LogP contribution in [0.4, 0.5) is 0 Å². The van der Waals surface area contributed by atoms with Crippen molar-refractivity contribution in [3.63, 3.8) is 0 Å². The van der Waals surface area contributed by atoms with Crippen LogP contribution < -0.4 is 5.73 Å². The molecule has 0 fully saturated rings. The molecule has 0 aliphatic carbocycles. The predicted octanol–water partition coefficient (Wildman–Crippen LogP) is 2.52. The molecule has 4 heteroatoms. The molecule has 0 radical (unpaired) electrons. The lowest BCUT2D eigenvalue weighted by Gasteiger charge is -2.28. The van der Waals surface area contributed by atoms with Gasteiger partial charge in [0.1, 0.15) is 0 Å². The molecule has 0 spiro atoms. The molecule has 132 valence electrons. The molecule has 1 unspecified atom stereocenters.